The zero-order chi connectivity index (χ0) is 17.6. The molecule has 10 heteroatoms. The summed E-state index contributed by atoms with van der Waals surface area (Å²) < 4.78 is 7.06. The van der Waals surface area contributed by atoms with E-state index in [0.29, 0.717) is 23.0 Å². The molecule has 2 aromatic rings. The number of nitrogens with zero attached hydrogens (tertiary/aromatic N) is 4. The van der Waals surface area contributed by atoms with Crippen molar-refractivity contribution in [1.29, 1.82) is 0 Å². The lowest BCUT2D eigenvalue weighted by molar-refractivity contribution is -0.0511. The highest BCUT2D eigenvalue weighted by molar-refractivity contribution is 5.84. The van der Waals surface area contributed by atoms with Crippen molar-refractivity contribution in [1.82, 2.24) is 19.5 Å². The van der Waals surface area contributed by atoms with Gasteiger partial charge in [-0.25, -0.2) is 4.98 Å². The number of aliphatic hydroxyl groups is 3. The van der Waals surface area contributed by atoms with Crippen LogP contribution in [0, 0.1) is 0 Å². The molecule has 0 bridgehead atoms. The fraction of sp³-hybridized carbons (Fsp3) is 0.667. The molecule has 2 fully saturated rings. The summed E-state index contributed by atoms with van der Waals surface area (Å²) in [5, 5.41) is 32.8. The van der Waals surface area contributed by atoms with Crippen molar-refractivity contribution in [2.24, 2.45) is 0 Å². The molecule has 1 saturated heterocycles. The first-order chi connectivity index (χ1) is 12.1. The number of fused-ring (bicyclic) bond motifs is 1. The van der Waals surface area contributed by atoms with Crippen LogP contribution >= 0.6 is 0 Å². The summed E-state index contributed by atoms with van der Waals surface area (Å²) >= 11 is 0. The molecule has 1 aliphatic heterocycles. The Labute approximate surface area is 143 Å². The maximum atomic E-state index is 10.2. The Morgan fingerprint density at radius 2 is 2.00 bits per heavy atom. The third kappa shape index (κ3) is 2.80. The zero-order valence-corrected chi connectivity index (χ0v) is 13.6. The number of rotatable bonds is 4. The van der Waals surface area contributed by atoms with Crippen molar-refractivity contribution in [2.45, 2.75) is 56.3 Å². The van der Waals surface area contributed by atoms with E-state index in [9.17, 15) is 15.3 Å². The van der Waals surface area contributed by atoms with Crippen LogP contribution in [0.4, 0.5) is 11.8 Å². The number of ether oxygens (including phenoxy) is 1. The molecule has 0 radical (unpaired) electrons. The van der Waals surface area contributed by atoms with Crippen LogP contribution in [0.15, 0.2) is 6.33 Å². The molecule has 10 nitrogen and oxygen atoms in total. The van der Waals surface area contributed by atoms with Gasteiger partial charge in [0.1, 0.15) is 18.3 Å². The minimum Gasteiger partial charge on any atom is -0.394 e. The smallest absolute Gasteiger partial charge is 0.224 e. The Morgan fingerprint density at radius 3 is 2.68 bits per heavy atom. The number of aliphatic hydroxyl groups excluding tert-OH is 3. The van der Waals surface area contributed by atoms with Crippen LogP contribution in [-0.4, -0.2) is 65.8 Å². The van der Waals surface area contributed by atoms with Crippen LogP contribution in [0.2, 0.25) is 0 Å². The van der Waals surface area contributed by atoms with Gasteiger partial charge in [0.15, 0.2) is 23.2 Å². The highest BCUT2D eigenvalue weighted by Gasteiger charge is 2.44. The summed E-state index contributed by atoms with van der Waals surface area (Å²) in [4.78, 5) is 12.8. The molecule has 4 rings (SSSR count). The zero-order valence-electron chi connectivity index (χ0n) is 13.6. The highest BCUT2D eigenvalue weighted by atomic mass is 16.6. The maximum absolute atomic E-state index is 10.2. The van der Waals surface area contributed by atoms with Gasteiger partial charge in [-0.2, -0.15) is 9.97 Å². The SMILES string of the molecule is Nc1nc(NC2CCCC2)c2ncn(C3OC(CO)C(O)C3O)c2n1. The lowest BCUT2D eigenvalue weighted by Crippen LogP contribution is -2.33. The van der Waals surface area contributed by atoms with Crippen molar-refractivity contribution < 1.29 is 20.1 Å². The molecule has 2 aliphatic rings. The van der Waals surface area contributed by atoms with Gasteiger partial charge in [-0.05, 0) is 12.8 Å². The average molecular weight is 350 g/mol. The van der Waals surface area contributed by atoms with Crippen LogP contribution in [0.1, 0.15) is 31.9 Å². The summed E-state index contributed by atoms with van der Waals surface area (Å²) in [5.41, 5.74) is 6.78. The van der Waals surface area contributed by atoms with Gasteiger partial charge in [0.25, 0.3) is 0 Å². The minimum atomic E-state index is -1.21. The molecule has 0 aromatic carbocycles. The van der Waals surface area contributed by atoms with E-state index in [1.54, 1.807) is 0 Å². The Hall–Kier alpha value is -2.01. The quantitative estimate of drug-likeness (QED) is 0.485. The molecule has 2 aromatic heterocycles. The molecule has 0 amide bonds. The molecule has 25 heavy (non-hydrogen) atoms. The van der Waals surface area contributed by atoms with E-state index >= 15 is 0 Å². The van der Waals surface area contributed by atoms with Crippen molar-refractivity contribution >= 4 is 22.9 Å². The van der Waals surface area contributed by atoms with Gasteiger partial charge in [-0.3, -0.25) is 4.57 Å². The molecule has 3 heterocycles. The predicted octanol–water partition coefficient (Wildman–Crippen LogP) is -0.625. The van der Waals surface area contributed by atoms with Gasteiger partial charge in [-0.15, -0.1) is 0 Å². The van der Waals surface area contributed by atoms with Gasteiger partial charge in [0.05, 0.1) is 12.9 Å². The Bertz CT molecular complexity index is 762. The summed E-state index contributed by atoms with van der Waals surface area (Å²) in [6, 6.07) is 0.330. The van der Waals surface area contributed by atoms with E-state index in [2.05, 4.69) is 20.3 Å². The minimum absolute atomic E-state index is 0.0847. The largest absolute Gasteiger partial charge is 0.394 e. The van der Waals surface area contributed by atoms with Gasteiger partial charge in [0.2, 0.25) is 5.95 Å². The lowest BCUT2D eigenvalue weighted by atomic mass is 10.1. The molecule has 6 N–H and O–H groups in total. The first kappa shape index (κ1) is 16.5. The molecule has 1 aliphatic carbocycles. The Morgan fingerprint density at radius 1 is 1.24 bits per heavy atom. The maximum Gasteiger partial charge on any atom is 0.224 e. The predicted molar refractivity (Wildman–Crippen MR) is 88.6 cm³/mol. The standard InChI is InChI=1S/C15H22N6O4/c16-15-19-12(18-7-3-1-2-4-7)9-13(20-15)21(6-17-9)14-11(24)10(23)8(5-22)25-14/h6-8,10-11,14,22-24H,1-5H2,(H3,16,18,19,20). The average Bonchev–Trinajstić information content (AvgIpc) is 3.29. The second-order valence-corrected chi connectivity index (χ2v) is 6.61. The van der Waals surface area contributed by atoms with Crippen LogP contribution < -0.4 is 11.1 Å². The van der Waals surface area contributed by atoms with Gasteiger partial charge in [0, 0.05) is 6.04 Å². The van der Waals surface area contributed by atoms with Gasteiger partial charge < -0.3 is 31.1 Å². The van der Waals surface area contributed by atoms with Gasteiger partial charge >= 0.3 is 0 Å². The first-order valence-corrected chi connectivity index (χ1v) is 8.47. The van der Waals surface area contributed by atoms with Crippen LogP contribution in [0.25, 0.3) is 11.2 Å². The van der Waals surface area contributed by atoms with Crippen molar-refractivity contribution in [3.63, 3.8) is 0 Å². The number of hydrogen-bond donors (Lipinski definition) is 5. The monoisotopic (exact) mass is 350 g/mol. The number of imidazole rings is 1. The van der Waals surface area contributed by atoms with Crippen LogP contribution in [0.3, 0.4) is 0 Å². The summed E-state index contributed by atoms with van der Waals surface area (Å²) in [5.74, 6) is 0.640. The molecular formula is C15H22N6O4. The number of hydrogen-bond acceptors (Lipinski definition) is 9. The van der Waals surface area contributed by atoms with E-state index in [4.69, 9.17) is 10.5 Å². The van der Waals surface area contributed by atoms with E-state index < -0.39 is 31.1 Å². The Balaban J connectivity index is 1.70. The van der Waals surface area contributed by atoms with E-state index in [1.807, 2.05) is 0 Å². The van der Waals surface area contributed by atoms with E-state index in [-0.39, 0.29) is 5.95 Å². The van der Waals surface area contributed by atoms with Crippen LogP contribution in [-0.2, 0) is 4.74 Å². The molecule has 4 unspecified atom stereocenters. The molecular weight excluding hydrogens is 328 g/mol. The molecule has 1 saturated carbocycles. The topological polar surface area (TPSA) is 152 Å². The second-order valence-electron chi connectivity index (χ2n) is 6.61. The number of aromatic nitrogens is 4. The van der Waals surface area contributed by atoms with Crippen LogP contribution in [0.5, 0.6) is 0 Å². The first-order valence-electron chi connectivity index (χ1n) is 8.47. The van der Waals surface area contributed by atoms with Crippen molar-refractivity contribution in [3.05, 3.63) is 6.33 Å². The lowest BCUT2D eigenvalue weighted by Gasteiger charge is -2.17. The summed E-state index contributed by atoms with van der Waals surface area (Å²) in [6.45, 7) is -0.396. The summed E-state index contributed by atoms with van der Waals surface area (Å²) in [7, 11) is 0. The number of nitrogen functional groups attached to an aromatic ring is 1. The van der Waals surface area contributed by atoms with Crippen molar-refractivity contribution in [2.75, 3.05) is 17.7 Å². The fourth-order valence-corrected chi connectivity index (χ4v) is 3.59. The highest BCUT2D eigenvalue weighted by Crippen LogP contribution is 2.33. The number of nitrogens with two attached hydrogens (primary N) is 1. The molecule has 4 atom stereocenters. The fourth-order valence-electron chi connectivity index (χ4n) is 3.59. The third-order valence-electron chi connectivity index (χ3n) is 4.93. The third-order valence-corrected chi connectivity index (χ3v) is 4.93. The normalized spacial score (nSPS) is 30.4. The number of anilines is 2. The summed E-state index contributed by atoms with van der Waals surface area (Å²) in [6.07, 6.45) is 1.79. The molecule has 136 valence electrons. The van der Waals surface area contributed by atoms with E-state index in [1.165, 1.54) is 23.7 Å². The molecule has 0 spiro atoms. The van der Waals surface area contributed by atoms with Crippen molar-refractivity contribution in [3.8, 4) is 0 Å². The van der Waals surface area contributed by atoms with E-state index in [0.717, 1.165) is 12.8 Å². The van der Waals surface area contributed by atoms with Gasteiger partial charge in [-0.1, -0.05) is 12.8 Å². The second kappa shape index (κ2) is 6.37. The Kier molecular flexibility index (Phi) is 4.20. The number of nitrogens with one attached hydrogen (secondary N) is 1.